The Morgan fingerprint density at radius 1 is 1.17 bits per heavy atom. The van der Waals surface area contributed by atoms with Crippen LogP contribution in [0.5, 0.6) is 0 Å². The lowest BCUT2D eigenvalue weighted by molar-refractivity contribution is -0.116. The molecular weight excluding hydrogens is 320 g/mol. The molecule has 2 aromatic heterocycles. The van der Waals surface area contributed by atoms with Crippen LogP contribution in [0, 0.1) is 13.8 Å². The lowest BCUT2D eigenvalue weighted by atomic mass is 10.1. The second-order valence-electron chi connectivity index (χ2n) is 5.85. The van der Waals surface area contributed by atoms with Crippen LogP contribution in [-0.4, -0.2) is 10.9 Å². The number of aromatic nitrogens is 1. The maximum Gasteiger partial charge on any atom is 0.226 e. The first-order valence-corrected chi connectivity index (χ1v) is 8.75. The Bertz CT molecular complexity index is 818. The third kappa shape index (κ3) is 4.55. The number of hydrogen-bond acceptors (Lipinski definition) is 4. The van der Waals surface area contributed by atoms with Crippen LogP contribution in [0.25, 0.3) is 0 Å². The molecule has 5 heteroatoms. The molecule has 1 N–H and O–H groups in total. The summed E-state index contributed by atoms with van der Waals surface area (Å²) in [5.74, 6) is 1.66. The largest absolute Gasteiger partial charge is 0.466 e. The van der Waals surface area contributed by atoms with Crippen molar-refractivity contribution < 1.29 is 9.21 Å². The zero-order valence-corrected chi connectivity index (χ0v) is 14.7. The molecule has 3 aromatic rings. The molecule has 0 spiro atoms. The van der Waals surface area contributed by atoms with Gasteiger partial charge in [-0.1, -0.05) is 29.8 Å². The van der Waals surface area contributed by atoms with E-state index in [-0.39, 0.29) is 5.91 Å². The van der Waals surface area contributed by atoms with Crippen molar-refractivity contribution in [2.75, 3.05) is 5.32 Å². The molecule has 0 radical (unpaired) electrons. The first-order chi connectivity index (χ1) is 11.6. The molecule has 0 saturated heterocycles. The average Bonchev–Trinajstić information content (AvgIpc) is 3.17. The van der Waals surface area contributed by atoms with Crippen LogP contribution in [0.2, 0.25) is 0 Å². The van der Waals surface area contributed by atoms with Crippen molar-refractivity contribution in [1.82, 2.24) is 4.98 Å². The summed E-state index contributed by atoms with van der Waals surface area (Å²) in [6.07, 6.45) is 3.65. The lowest BCUT2D eigenvalue weighted by Gasteiger charge is -2.00. The molecular formula is C19H20N2O2S. The number of carbonyl (C=O) groups is 1. The molecule has 2 heterocycles. The van der Waals surface area contributed by atoms with E-state index in [2.05, 4.69) is 41.5 Å². The van der Waals surface area contributed by atoms with Crippen LogP contribution in [0.15, 0.2) is 47.0 Å². The summed E-state index contributed by atoms with van der Waals surface area (Å²) in [7, 11) is 0. The number of hydrogen-bond donors (Lipinski definition) is 1. The predicted molar refractivity (Wildman–Crippen MR) is 96.5 cm³/mol. The van der Waals surface area contributed by atoms with Crippen molar-refractivity contribution >= 4 is 22.4 Å². The molecule has 24 heavy (non-hydrogen) atoms. The SMILES string of the molecule is Cc1ccc(Cc2cnc(NC(=O)CCc3ccc(C)o3)s2)cc1. The number of rotatable bonds is 6. The zero-order chi connectivity index (χ0) is 16.9. The Morgan fingerprint density at radius 3 is 2.67 bits per heavy atom. The topological polar surface area (TPSA) is 55.1 Å². The van der Waals surface area contributed by atoms with Gasteiger partial charge in [-0.15, -0.1) is 11.3 Å². The molecule has 0 aliphatic carbocycles. The molecule has 0 atom stereocenters. The van der Waals surface area contributed by atoms with E-state index >= 15 is 0 Å². The fourth-order valence-corrected chi connectivity index (χ4v) is 3.25. The van der Waals surface area contributed by atoms with E-state index in [4.69, 9.17) is 4.42 Å². The van der Waals surface area contributed by atoms with Gasteiger partial charge in [0.15, 0.2) is 5.13 Å². The van der Waals surface area contributed by atoms with E-state index in [9.17, 15) is 4.79 Å². The van der Waals surface area contributed by atoms with Gasteiger partial charge in [-0.05, 0) is 31.5 Å². The number of carbonyl (C=O) groups excluding carboxylic acids is 1. The third-order valence-corrected chi connectivity index (χ3v) is 4.61. The standard InChI is InChI=1S/C19H20N2O2S/c1-13-3-6-15(7-4-13)11-17-12-20-19(24-17)21-18(22)10-9-16-8-5-14(2)23-16/h3-8,12H,9-11H2,1-2H3,(H,20,21,22). The number of furan rings is 1. The highest BCUT2D eigenvalue weighted by Crippen LogP contribution is 2.21. The van der Waals surface area contributed by atoms with Gasteiger partial charge in [-0.3, -0.25) is 4.79 Å². The maximum atomic E-state index is 12.0. The van der Waals surface area contributed by atoms with Gasteiger partial charge in [0.25, 0.3) is 0 Å². The molecule has 124 valence electrons. The van der Waals surface area contributed by atoms with Crippen LogP contribution >= 0.6 is 11.3 Å². The Kier molecular flexibility index (Phi) is 5.11. The Balaban J connectivity index is 1.51. The zero-order valence-electron chi connectivity index (χ0n) is 13.8. The second-order valence-corrected chi connectivity index (χ2v) is 6.97. The van der Waals surface area contributed by atoms with Crippen LogP contribution in [0.3, 0.4) is 0 Å². The molecule has 1 aromatic carbocycles. The van der Waals surface area contributed by atoms with Crippen molar-refractivity contribution in [2.45, 2.75) is 33.1 Å². The second kappa shape index (κ2) is 7.45. The number of nitrogens with one attached hydrogen (secondary N) is 1. The fraction of sp³-hybridized carbons (Fsp3) is 0.263. The highest BCUT2D eigenvalue weighted by atomic mass is 32.1. The smallest absolute Gasteiger partial charge is 0.226 e. The van der Waals surface area contributed by atoms with Gasteiger partial charge in [-0.25, -0.2) is 4.98 Å². The van der Waals surface area contributed by atoms with Gasteiger partial charge in [0, 0.05) is 30.3 Å². The van der Waals surface area contributed by atoms with Crippen molar-refractivity contribution in [3.8, 4) is 0 Å². The van der Waals surface area contributed by atoms with Crippen molar-refractivity contribution in [3.05, 3.63) is 70.1 Å². The van der Waals surface area contributed by atoms with Gasteiger partial charge < -0.3 is 9.73 Å². The van der Waals surface area contributed by atoms with Crippen LogP contribution in [-0.2, 0) is 17.6 Å². The van der Waals surface area contributed by atoms with Crippen LogP contribution < -0.4 is 5.32 Å². The van der Waals surface area contributed by atoms with Crippen molar-refractivity contribution in [2.24, 2.45) is 0 Å². The van der Waals surface area contributed by atoms with E-state index in [1.54, 1.807) is 0 Å². The highest BCUT2D eigenvalue weighted by molar-refractivity contribution is 7.15. The Morgan fingerprint density at radius 2 is 1.96 bits per heavy atom. The summed E-state index contributed by atoms with van der Waals surface area (Å²) in [4.78, 5) is 17.4. The van der Waals surface area contributed by atoms with Gasteiger partial charge in [0.05, 0.1) is 0 Å². The first kappa shape index (κ1) is 16.5. The van der Waals surface area contributed by atoms with Crippen LogP contribution in [0.1, 0.15) is 33.9 Å². The fourth-order valence-electron chi connectivity index (χ4n) is 2.39. The number of amides is 1. The van der Waals surface area contributed by atoms with E-state index in [0.29, 0.717) is 18.0 Å². The lowest BCUT2D eigenvalue weighted by Crippen LogP contribution is -2.11. The van der Waals surface area contributed by atoms with Gasteiger partial charge in [0.1, 0.15) is 11.5 Å². The quantitative estimate of drug-likeness (QED) is 0.718. The molecule has 1 amide bonds. The number of benzene rings is 1. The van der Waals surface area contributed by atoms with Gasteiger partial charge >= 0.3 is 0 Å². The monoisotopic (exact) mass is 340 g/mol. The Labute approximate surface area is 145 Å². The van der Waals surface area contributed by atoms with E-state index in [0.717, 1.165) is 22.8 Å². The highest BCUT2D eigenvalue weighted by Gasteiger charge is 2.09. The minimum absolute atomic E-state index is 0.0414. The normalized spacial score (nSPS) is 10.8. The maximum absolute atomic E-state index is 12.0. The molecule has 0 fully saturated rings. The van der Waals surface area contributed by atoms with E-state index < -0.39 is 0 Å². The number of anilines is 1. The average molecular weight is 340 g/mol. The summed E-state index contributed by atoms with van der Waals surface area (Å²) in [6, 6.07) is 12.3. The minimum Gasteiger partial charge on any atom is -0.466 e. The summed E-state index contributed by atoms with van der Waals surface area (Å²) < 4.78 is 5.47. The molecule has 0 saturated carbocycles. The molecule has 0 aliphatic rings. The molecule has 0 unspecified atom stereocenters. The van der Waals surface area contributed by atoms with E-state index in [1.807, 2.05) is 25.3 Å². The van der Waals surface area contributed by atoms with Crippen molar-refractivity contribution in [3.63, 3.8) is 0 Å². The molecule has 0 aliphatic heterocycles. The minimum atomic E-state index is -0.0414. The van der Waals surface area contributed by atoms with Gasteiger partial charge in [-0.2, -0.15) is 0 Å². The third-order valence-electron chi connectivity index (χ3n) is 3.69. The van der Waals surface area contributed by atoms with E-state index in [1.165, 1.54) is 22.5 Å². The van der Waals surface area contributed by atoms with Crippen molar-refractivity contribution in [1.29, 1.82) is 0 Å². The first-order valence-electron chi connectivity index (χ1n) is 7.94. The summed E-state index contributed by atoms with van der Waals surface area (Å²) >= 11 is 1.52. The summed E-state index contributed by atoms with van der Waals surface area (Å²) in [5, 5.41) is 3.51. The number of aryl methyl sites for hydroxylation is 3. The Hall–Kier alpha value is -2.40. The summed E-state index contributed by atoms with van der Waals surface area (Å²) in [5.41, 5.74) is 2.50. The molecule has 3 rings (SSSR count). The van der Waals surface area contributed by atoms with Crippen LogP contribution in [0.4, 0.5) is 5.13 Å². The number of thiazole rings is 1. The van der Waals surface area contributed by atoms with Gasteiger partial charge in [0.2, 0.25) is 5.91 Å². The summed E-state index contributed by atoms with van der Waals surface area (Å²) in [6.45, 7) is 3.98. The predicted octanol–water partition coefficient (Wildman–Crippen LogP) is 4.52. The number of nitrogens with zero attached hydrogens (tertiary/aromatic N) is 1. The molecule has 0 bridgehead atoms. The molecule has 4 nitrogen and oxygen atoms in total.